The minimum Gasteiger partial charge on any atom is -0.309 e. The fraction of sp³-hybridized carbons (Fsp3) is 0.474. The van der Waals surface area contributed by atoms with E-state index in [1.807, 2.05) is 11.3 Å². The highest BCUT2D eigenvalue weighted by Crippen LogP contribution is 2.33. The van der Waals surface area contributed by atoms with E-state index in [9.17, 15) is 0 Å². The second-order valence-electron chi connectivity index (χ2n) is 6.76. The fourth-order valence-electron chi connectivity index (χ4n) is 2.54. The van der Waals surface area contributed by atoms with Gasteiger partial charge >= 0.3 is 0 Å². The molecule has 1 aromatic carbocycles. The molecule has 21 heavy (non-hydrogen) atoms. The minimum atomic E-state index is 0.239. The molecule has 1 N–H and O–H groups in total. The number of thiophene rings is 1. The largest absolute Gasteiger partial charge is 0.309 e. The van der Waals surface area contributed by atoms with Crippen LogP contribution in [0.15, 0.2) is 36.4 Å². The van der Waals surface area contributed by atoms with Crippen molar-refractivity contribution in [3.8, 4) is 0 Å². The number of rotatable bonds is 5. The van der Waals surface area contributed by atoms with E-state index in [4.69, 9.17) is 0 Å². The number of hydrogen-bond donors (Lipinski definition) is 1. The average molecular weight is 301 g/mol. The molecule has 1 nitrogen and oxygen atoms in total. The third kappa shape index (κ3) is 4.42. The minimum absolute atomic E-state index is 0.239. The van der Waals surface area contributed by atoms with E-state index in [1.54, 1.807) is 0 Å². The van der Waals surface area contributed by atoms with Gasteiger partial charge in [0, 0.05) is 15.8 Å². The van der Waals surface area contributed by atoms with Crippen LogP contribution in [-0.4, -0.2) is 6.54 Å². The molecule has 2 aromatic rings. The van der Waals surface area contributed by atoms with Crippen LogP contribution in [0.3, 0.4) is 0 Å². The topological polar surface area (TPSA) is 12.0 Å². The maximum Gasteiger partial charge on any atom is 0.0455 e. The maximum atomic E-state index is 3.64. The number of benzene rings is 1. The van der Waals surface area contributed by atoms with Gasteiger partial charge in [0.15, 0.2) is 0 Å². The summed E-state index contributed by atoms with van der Waals surface area (Å²) in [5, 5.41) is 3.64. The number of likely N-dealkylation sites (N-methyl/N-ethyl adjacent to an activating group) is 1. The normalized spacial score (nSPS) is 13.4. The van der Waals surface area contributed by atoms with Gasteiger partial charge < -0.3 is 5.32 Å². The van der Waals surface area contributed by atoms with E-state index in [2.05, 4.69) is 76.3 Å². The van der Waals surface area contributed by atoms with Crippen molar-refractivity contribution in [3.63, 3.8) is 0 Å². The number of hydrogen-bond acceptors (Lipinski definition) is 2. The molecule has 0 saturated heterocycles. The van der Waals surface area contributed by atoms with Gasteiger partial charge in [-0.3, -0.25) is 0 Å². The Hall–Kier alpha value is -1.12. The average Bonchev–Trinajstić information content (AvgIpc) is 2.87. The van der Waals surface area contributed by atoms with Gasteiger partial charge in [0.05, 0.1) is 0 Å². The third-order valence-corrected chi connectivity index (χ3v) is 5.31. The molecule has 0 amide bonds. The van der Waals surface area contributed by atoms with Gasteiger partial charge in [-0.2, -0.15) is 0 Å². The Morgan fingerprint density at radius 3 is 2.48 bits per heavy atom. The van der Waals surface area contributed by atoms with Gasteiger partial charge in [0.1, 0.15) is 0 Å². The predicted molar refractivity (Wildman–Crippen MR) is 94.3 cm³/mol. The molecular formula is C19H27NS. The lowest BCUT2D eigenvalue weighted by Gasteiger charge is -2.18. The lowest BCUT2D eigenvalue weighted by Crippen LogP contribution is -2.22. The molecule has 1 aromatic heterocycles. The number of nitrogens with one attached hydrogen (secondary N) is 1. The molecule has 1 atom stereocenters. The fourth-order valence-corrected chi connectivity index (χ4v) is 3.68. The lowest BCUT2D eigenvalue weighted by molar-refractivity contribution is 0.558. The van der Waals surface area contributed by atoms with Gasteiger partial charge in [-0.15, -0.1) is 11.3 Å². The van der Waals surface area contributed by atoms with Crippen molar-refractivity contribution in [3.05, 3.63) is 57.3 Å². The summed E-state index contributed by atoms with van der Waals surface area (Å²) in [5.41, 5.74) is 2.99. The Morgan fingerprint density at radius 2 is 1.90 bits per heavy atom. The van der Waals surface area contributed by atoms with Crippen molar-refractivity contribution in [2.24, 2.45) is 0 Å². The summed E-state index contributed by atoms with van der Waals surface area (Å²) in [6.07, 6.45) is 1.06. The second-order valence-corrected chi connectivity index (χ2v) is 7.87. The highest BCUT2D eigenvalue weighted by molar-refractivity contribution is 7.12. The van der Waals surface area contributed by atoms with E-state index >= 15 is 0 Å². The Bertz CT molecular complexity index is 577. The monoisotopic (exact) mass is 301 g/mol. The summed E-state index contributed by atoms with van der Waals surface area (Å²) in [5.74, 6) is 0. The zero-order valence-corrected chi connectivity index (χ0v) is 14.7. The summed E-state index contributed by atoms with van der Waals surface area (Å²) in [6.45, 7) is 12.2. The van der Waals surface area contributed by atoms with Crippen LogP contribution in [0, 0.1) is 6.92 Å². The standard InChI is InChI=1S/C19H27NS/c1-6-20-16(13-15-9-7-8-14(2)12-15)17-10-11-18(21-17)19(3,4)5/h7-12,16,20H,6,13H2,1-5H3. The summed E-state index contributed by atoms with van der Waals surface area (Å²) in [4.78, 5) is 2.91. The SMILES string of the molecule is CCNC(Cc1cccc(C)c1)c1ccc(C(C)(C)C)s1. The van der Waals surface area contributed by atoms with Crippen molar-refractivity contribution in [2.45, 2.75) is 52.5 Å². The van der Waals surface area contributed by atoms with Crippen molar-refractivity contribution in [1.29, 1.82) is 0 Å². The molecule has 0 saturated carbocycles. The first-order chi connectivity index (χ1) is 9.90. The van der Waals surface area contributed by atoms with Gasteiger partial charge in [-0.25, -0.2) is 0 Å². The molecule has 0 aliphatic rings. The van der Waals surface area contributed by atoms with Gasteiger partial charge in [0.25, 0.3) is 0 Å². The van der Waals surface area contributed by atoms with E-state index in [0.717, 1.165) is 13.0 Å². The summed E-state index contributed by atoms with van der Waals surface area (Å²) in [6, 6.07) is 13.8. The van der Waals surface area contributed by atoms with Crippen LogP contribution in [0.4, 0.5) is 0 Å². The van der Waals surface area contributed by atoms with E-state index < -0.39 is 0 Å². The van der Waals surface area contributed by atoms with Crippen LogP contribution >= 0.6 is 11.3 Å². The van der Waals surface area contributed by atoms with Crippen molar-refractivity contribution < 1.29 is 0 Å². The summed E-state index contributed by atoms with van der Waals surface area (Å²) >= 11 is 1.95. The zero-order chi connectivity index (χ0) is 15.5. The third-order valence-electron chi connectivity index (χ3n) is 3.68. The molecule has 2 heteroatoms. The lowest BCUT2D eigenvalue weighted by atomic mass is 9.95. The molecular weight excluding hydrogens is 274 g/mol. The van der Waals surface area contributed by atoms with Crippen LogP contribution in [-0.2, 0) is 11.8 Å². The number of aryl methyl sites for hydroxylation is 1. The molecule has 0 radical (unpaired) electrons. The highest BCUT2D eigenvalue weighted by atomic mass is 32.1. The molecule has 114 valence electrons. The first-order valence-corrected chi connectivity index (χ1v) is 8.61. The summed E-state index contributed by atoms with van der Waals surface area (Å²) < 4.78 is 0. The van der Waals surface area contributed by atoms with Crippen molar-refractivity contribution >= 4 is 11.3 Å². The van der Waals surface area contributed by atoms with Gasteiger partial charge in [-0.05, 0) is 43.0 Å². The van der Waals surface area contributed by atoms with Gasteiger partial charge in [-0.1, -0.05) is 57.5 Å². The molecule has 1 unspecified atom stereocenters. The van der Waals surface area contributed by atoms with E-state index in [0.29, 0.717) is 6.04 Å². The van der Waals surface area contributed by atoms with E-state index in [-0.39, 0.29) is 5.41 Å². The smallest absolute Gasteiger partial charge is 0.0455 e. The quantitative estimate of drug-likeness (QED) is 0.795. The summed E-state index contributed by atoms with van der Waals surface area (Å²) in [7, 11) is 0. The molecule has 0 bridgehead atoms. The molecule has 0 fully saturated rings. The Balaban J connectivity index is 2.20. The van der Waals surface area contributed by atoms with Crippen LogP contribution in [0.1, 0.15) is 54.6 Å². The predicted octanol–water partition coefficient (Wildman–Crippen LogP) is 5.25. The van der Waals surface area contributed by atoms with Crippen LogP contribution < -0.4 is 5.32 Å². The van der Waals surface area contributed by atoms with Gasteiger partial charge in [0.2, 0.25) is 0 Å². The Labute approximate surface area is 133 Å². The van der Waals surface area contributed by atoms with Crippen LogP contribution in [0.2, 0.25) is 0 Å². The molecule has 2 rings (SSSR count). The first kappa shape index (κ1) is 16.3. The maximum absolute atomic E-state index is 3.64. The van der Waals surface area contributed by atoms with Crippen molar-refractivity contribution in [1.82, 2.24) is 5.32 Å². The first-order valence-electron chi connectivity index (χ1n) is 7.79. The molecule has 1 heterocycles. The Kier molecular flexibility index (Phi) is 5.23. The molecule has 0 spiro atoms. The van der Waals surface area contributed by atoms with Crippen LogP contribution in [0.5, 0.6) is 0 Å². The molecule has 0 aliphatic carbocycles. The molecule has 0 aliphatic heterocycles. The zero-order valence-electron chi connectivity index (χ0n) is 13.9. The second kappa shape index (κ2) is 6.76. The van der Waals surface area contributed by atoms with Crippen molar-refractivity contribution in [2.75, 3.05) is 6.54 Å². The van der Waals surface area contributed by atoms with Crippen LogP contribution in [0.25, 0.3) is 0 Å². The van der Waals surface area contributed by atoms with E-state index in [1.165, 1.54) is 20.9 Å². The Morgan fingerprint density at radius 1 is 1.14 bits per heavy atom. The highest BCUT2D eigenvalue weighted by Gasteiger charge is 2.19.